The van der Waals surface area contributed by atoms with Crippen molar-refractivity contribution in [3.05, 3.63) is 52.9 Å². The van der Waals surface area contributed by atoms with Crippen LogP contribution in [0.2, 0.25) is 0 Å². The monoisotopic (exact) mass is 343 g/mol. The molecule has 6 nitrogen and oxygen atoms in total. The number of morpholine rings is 1. The summed E-state index contributed by atoms with van der Waals surface area (Å²) in [5.41, 5.74) is 2.98. The summed E-state index contributed by atoms with van der Waals surface area (Å²) in [5.74, 6) is 0.745. The van der Waals surface area contributed by atoms with Gasteiger partial charge in [-0.15, -0.1) is 0 Å². The van der Waals surface area contributed by atoms with Crippen LogP contribution in [-0.4, -0.2) is 41.9 Å². The molecule has 1 N–H and O–H groups in total. The quantitative estimate of drug-likeness (QED) is 0.927. The van der Waals surface area contributed by atoms with E-state index in [0.717, 1.165) is 23.4 Å². The van der Waals surface area contributed by atoms with Crippen LogP contribution in [0.15, 0.2) is 34.9 Å². The first-order valence-electron chi connectivity index (χ1n) is 8.68. The van der Waals surface area contributed by atoms with E-state index in [4.69, 9.17) is 9.26 Å². The molecule has 25 heavy (non-hydrogen) atoms. The molecule has 0 unspecified atom stereocenters. The van der Waals surface area contributed by atoms with Gasteiger partial charge in [-0.1, -0.05) is 35.5 Å². The first-order chi connectivity index (χ1) is 12.0. The number of nitrogens with one attached hydrogen (secondary N) is 1. The van der Waals surface area contributed by atoms with Crippen LogP contribution >= 0.6 is 0 Å². The van der Waals surface area contributed by atoms with Gasteiger partial charge < -0.3 is 19.5 Å². The molecule has 1 aliphatic heterocycles. The van der Waals surface area contributed by atoms with E-state index in [-0.39, 0.29) is 18.2 Å². The number of rotatable bonds is 4. The number of amides is 2. The summed E-state index contributed by atoms with van der Waals surface area (Å²) in [4.78, 5) is 14.5. The number of benzene rings is 1. The average Bonchev–Trinajstić information content (AvgIpc) is 2.94. The van der Waals surface area contributed by atoms with Crippen LogP contribution in [-0.2, 0) is 11.2 Å². The van der Waals surface area contributed by atoms with E-state index in [0.29, 0.717) is 19.7 Å². The van der Waals surface area contributed by atoms with Gasteiger partial charge in [-0.25, -0.2) is 4.79 Å². The minimum atomic E-state index is -0.144. The number of carbonyl (C=O) groups is 1. The van der Waals surface area contributed by atoms with Crippen molar-refractivity contribution in [1.29, 1.82) is 0 Å². The Balaban J connectivity index is 1.58. The predicted molar refractivity (Wildman–Crippen MR) is 94.4 cm³/mol. The normalized spacial score (nSPS) is 18.8. The first kappa shape index (κ1) is 17.5. The van der Waals surface area contributed by atoms with Gasteiger partial charge in [-0.3, -0.25) is 0 Å². The third-order valence-corrected chi connectivity index (χ3v) is 4.59. The van der Waals surface area contributed by atoms with E-state index in [1.165, 1.54) is 5.56 Å². The molecule has 0 aliphatic carbocycles. The largest absolute Gasteiger partial charge is 0.374 e. The second-order valence-corrected chi connectivity index (χ2v) is 6.54. The number of hydrogen-bond donors (Lipinski definition) is 1. The van der Waals surface area contributed by atoms with Crippen LogP contribution in [0.4, 0.5) is 4.79 Å². The third-order valence-electron chi connectivity index (χ3n) is 4.59. The average molecular weight is 343 g/mol. The van der Waals surface area contributed by atoms with Gasteiger partial charge in [0.2, 0.25) is 0 Å². The van der Waals surface area contributed by atoms with Crippen molar-refractivity contribution < 1.29 is 14.1 Å². The maximum Gasteiger partial charge on any atom is 0.318 e. The van der Waals surface area contributed by atoms with Crippen LogP contribution in [0.25, 0.3) is 0 Å². The molecule has 1 aromatic carbocycles. The summed E-state index contributed by atoms with van der Waals surface area (Å²) in [6, 6.07) is 10.00. The van der Waals surface area contributed by atoms with Gasteiger partial charge in [0, 0.05) is 25.1 Å². The predicted octanol–water partition coefficient (Wildman–Crippen LogP) is 3.01. The highest BCUT2D eigenvalue weighted by Gasteiger charge is 2.26. The lowest BCUT2D eigenvalue weighted by Crippen LogP contribution is -2.50. The highest BCUT2D eigenvalue weighted by atomic mass is 16.5. The Morgan fingerprint density at radius 1 is 1.36 bits per heavy atom. The van der Waals surface area contributed by atoms with Crippen LogP contribution < -0.4 is 5.32 Å². The number of aromatic nitrogens is 1. The Bertz CT molecular complexity index is 694. The van der Waals surface area contributed by atoms with Crippen molar-refractivity contribution in [2.75, 3.05) is 19.7 Å². The number of ether oxygens (including phenoxy) is 1. The fourth-order valence-corrected chi connectivity index (χ4v) is 3.36. The molecule has 3 rings (SSSR count). The number of aryl methyl sites for hydroxylation is 2. The van der Waals surface area contributed by atoms with Crippen molar-refractivity contribution in [2.24, 2.45) is 0 Å². The van der Waals surface area contributed by atoms with E-state index in [2.05, 4.69) is 22.6 Å². The van der Waals surface area contributed by atoms with Crippen LogP contribution in [0.3, 0.4) is 0 Å². The lowest BCUT2D eigenvalue weighted by atomic mass is 10.1. The molecular formula is C19H25N3O3. The molecule has 134 valence electrons. The summed E-state index contributed by atoms with van der Waals surface area (Å²) in [6.45, 7) is 7.46. The Hall–Kier alpha value is -2.34. The van der Waals surface area contributed by atoms with Gasteiger partial charge >= 0.3 is 6.03 Å². The van der Waals surface area contributed by atoms with E-state index in [1.54, 1.807) is 0 Å². The summed E-state index contributed by atoms with van der Waals surface area (Å²) in [6.07, 6.45) is 0.834. The van der Waals surface area contributed by atoms with Crippen molar-refractivity contribution in [1.82, 2.24) is 15.4 Å². The second-order valence-electron chi connectivity index (χ2n) is 6.54. The highest BCUT2D eigenvalue weighted by molar-refractivity contribution is 5.75. The SMILES string of the molecule is Cc1noc(C)c1[C@H](C)NC(=O)N1CCO[C@H](Cc2ccccc2)C1. The second kappa shape index (κ2) is 7.70. The molecule has 2 atom stereocenters. The number of carbonyl (C=O) groups excluding carboxylic acids is 1. The molecule has 1 fully saturated rings. The first-order valence-corrected chi connectivity index (χ1v) is 8.68. The van der Waals surface area contributed by atoms with Gasteiger partial charge in [0.25, 0.3) is 0 Å². The maximum absolute atomic E-state index is 12.6. The molecule has 2 aromatic rings. The molecule has 1 aromatic heterocycles. The Morgan fingerprint density at radius 2 is 2.12 bits per heavy atom. The molecule has 1 saturated heterocycles. The zero-order chi connectivity index (χ0) is 17.8. The van der Waals surface area contributed by atoms with Crippen molar-refractivity contribution in [3.63, 3.8) is 0 Å². The lowest BCUT2D eigenvalue weighted by Gasteiger charge is -2.33. The molecule has 0 saturated carbocycles. The Morgan fingerprint density at radius 3 is 2.80 bits per heavy atom. The van der Waals surface area contributed by atoms with Crippen molar-refractivity contribution in [2.45, 2.75) is 39.3 Å². The van der Waals surface area contributed by atoms with E-state index in [1.807, 2.05) is 43.9 Å². The topological polar surface area (TPSA) is 67.6 Å². The van der Waals surface area contributed by atoms with Crippen LogP contribution in [0, 0.1) is 13.8 Å². The summed E-state index contributed by atoms with van der Waals surface area (Å²) >= 11 is 0. The molecule has 2 heterocycles. The molecule has 0 spiro atoms. The zero-order valence-corrected chi connectivity index (χ0v) is 15.0. The fraction of sp³-hybridized carbons (Fsp3) is 0.474. The third kappa shape index (κ3) is 4.20. The van der Waals surface area contributed by atoms with Gasteiger partial charge in [0.1, 0.15) is 5.76 Å². The molecule has 6 heteroatoms. The lowest BCUT2D eigenvalue weighted by molar-refractivity contribution is -0.0135. The minimum absolute atomic E-state index is 0.0243. The summed E-state index contributed by atoms with van der Waals surface area (Å²) < 4.78 is 11.0. The standard InChI is InChI=1S/C19H25N3O3/c1-13(18-14(2)21-25-15(18)3)20-19(23)22-9-10-24-17(12-22)11-16-7-5-4-6-8-16/h4-8,13,17H,9-12H2,1-3H3,(H,20,23)/t13-,17+/m0/s1. The maximum atomic E-state index is 12.6. The number of nitrogens with zero attached hydrogens (tertiary/aromatic N) is 2. The number of hydrogen-bond acceptors (Lipinski definition) is 4. The van der Waals surface area contributed by atoms with Crippen LogP contribution in [0.5, 0.6) is 0 Å². The molecule has 0 bridgehead atoms. The van der Waals surface area contributed by atoms with Gasteiger partial charge in [0.15, 0.2) is 0 Å². The van der Waals surface area contributed by atoms with E-state index in [9.17, 15) is 4.79 Å². The van der Waals surface area contributed by atoms with Gasteiger partial charge in [-0.05, 0) is 26.3 Å². The van der Waals surface area contributed by atoms with Crippen LogP contribution in [0.1, 0.15) is 35.5 Å². The smallest absolute Gasteiger partial charge is 0.318 e. The Labute approximate surface area is 148 Å². The molecule has 2 amide bonds. The molecule has 1 aliphatic rings. The van der Waals surface area contributed by atoms with Gasteiger partial charge in [0.05, 0.1) is 24.4 Å². The molecule has 0 radical (unpaired) electrons. The van der Waals surface area contributed by atoms with E-state index < -0.39 is 0 Å². The zero-order valence-electron chi connectivity index (χ0n) is 15.0. The molecular weight excluding hydrogens is 318 g/mol. The Kier molecular flexibility index (Phi) is 5.38. The number of urea groups is 1. The summed E-state index contributed by atoms with van der Waals surface area (Å²) in [5, 5.41) is 7.01. The summed E-state index contributed by atoms with van der Waals surface area (Å²) in [7, 11) is 0. The van der Waals surface area contributed by atoms with Crippen molar-refractivity contribution in [3.8, 4) is 0 Å². The van der Waals surface area contributed by atoms with E-state index >= 15 is 0 Å². The highest BCUT2D eigenvalue weighted by Crippen LogP contribution is 2.21. The van der Waals surface area contributed by atoms with Gasteiger partial charge in [-0.2, -0.15) is 0 Å². The minimum Gasteiger partial charge on any atom is -0.374 e. The fourth-order valence-electron chi connectivity index (χ4n) is 3.36. The van der Waals surface area contributed by atoms with Crippen molar-refractivity contribution >= 4 is 6.03 Å².